The van der Waals surface area contributed by atoms with Gasteiger partial charge in [-0.25, -0.2) is 0 Å². The van der Waals surface area contributed by atoms with Crippen molar-refractivity contribution in [1.29, 1.82) is 0 Å². The Morgan fingerprint density at radius 3 is 3.00 bits per heavy atom. The molecule has 1 aromatic rings. The molecule has 0 unspecified atom stereocenters. The molecule has 1 aromatic heterocycles. The van der Waals surface area contributed by atoms with Gasteiger partial charge in [0.15, 0.2) is 0 Å². The summed E-state index contributed by atoms with van der Waals surface area (Å²) in [6, 6.07) is 4.25. The molecule has 0 saturated heterocycles. The Balaban J connectivity index is 2.44. The standard InChI is InChI=1S/C10H14NO/c1-12-11-8-4-6-9-5-2-3-7-10(9)11/h4,6,8H,2-3,5,7H2,1H3/q+1. The number of rotatable bonds is 1. The van der Waals surface area contributed by atoms with Gasteiger partial charge in [-0.15, -0.1) is 0 Å². The number of hydrogen-bond acceptors (Lipinski definition) is 1. The van der Waals surface area contributed by atoms with Crippen LogP contribution in [0.2, 0.25) is 0 Å². The maximum Gasteiger partial charge on any atom is 0.237 e. The van der Waals surface area contributed by atoms with Gasteiger partial charge in [-0.1, -0.05) is 0 Å². The van der Waals surface area contributed by atoms with Gasteiger partial charge in [0.05, 0.1) is 0 Å². The first-order valence-electron chi connectivity index (χ1n) is 4.49. The molecule has 0 fully saturated rings. The van der Waals surface area contributed by atoms with Gasteiger partial charge in [-0.2, -0.15) is 0 Å². The Labute approximate surface area is 72.7 Å². The van der Waals surface area contributed by atoms with Crippen LogP contribution in [0.25, 0.3) is 0 Å². The van der Waals surface area contributed by atoms with Crippen LogP contribution in [0.4, 0.5) is 0 Å². The number of hydrogen-bond donors (Lipinski definition) is 0. The minimum Gasteiger partial charge on any atom is -0.274 e. The molecule has 64 valence electrons. The fourth-order valence-electron chi connectivity index (χ4n) is 1.84. The van der Waals surface area contributed by atoms with Crippen LogP contribution in [0.15, 0.2) is 18.3 Å². The van der Waals surface area contributed by atoms with Crippen molar-refractivity contribution in [2.24, 2.45) is 0 Å². The zero-order chi connectivity index (χ0) is 8.39. The first-order chi connectivity index (χ1) is 5.92. The average molecular weight is 164 g/mol. The second-order valence-corrected chi connectivity index (χ2v) is 3.20. The van der Waals surface area contributed by atoms with Crippen molar-refractivity contribution in [3.8, 4) is 0 Å². The minimum atomic E-state index is 1.16. The molecule has 1 heterocycles. The molecular weight excluding hydrogens is 150 g/mol. The predicted octanol–water partition coefficient (Wildman–Crippen LogP) is 0.911. The van der Waals surface area contributed by atoms with E-state index >= 15 is 0 Å². The largest absolute Gasteiger partial charge is 0.274 e. The monoisotopic (exact) mass is 164 g/mol. The van der Waals surface area contributed by atoms with Crippen molar-refractivity contribution in [2.45, 2.75) is 25.7 Å². The fourth-order valence-corrected chi connectivity index (χ4v) is 1.84. The molecular formula is C10H14NO+. The average Bonchev–Trinajstić information content (AvgIpc) is 2.17. The lowest BCUT2D eigenvalue weighted by molar-refractivity contribution is -0.890. The van der Waals surface area contributed by atoms with Crippen LogP contribution in [-0.2, 0) is 12.8 Å². The Bertz CT molecular complexity index is 269. The van der Waals surface area contributed by atoms with Gasteiger partial charge < -0.3 is 0 Å². The zero-order valence-corrected chi connectivity index (χ0v) is 7.42. The lowest BCUT2D eigenvalue weighted by Gasteiger charge is -2.10. The van der Waals surface area contributed by atoms with Gasteiger partial charge in [0.1, 0.15) is 7.11 Å². The van der Waals surface area contributed by atoms with Gasteiger partial charge in [0.2, 0.25) is 11.9 Å². The second-order valence-electron chi connectivity index (χ2n) is 3.20. The number of pyridine rings is 1. The Morgan fingerprint density at radius 1 is 1.33 bits per heavy atom. The van der Waals surface area contributed by atoms with E-state index in [-0.39, 0.29) is 0 Å². The van der Waals surface area contributed by atoms with E-state index in [2.05, 4.69) is 6.07 Å². The molecule has 0 bridgehead atoms. The van der Waals surface area contributed by atoms with Gasteiger partial charge in [0, 0.05) is 22.8 Å². The third-order valence-corrected chi connectivity index (χ3v) is 2.46. The van der Waals surface area contributed by atoms with Crippen molar-refractivity contribution in [1.82, 2.24) is 0 Å². The molecule has 2 rings (SSSR count). The van der Waals surface area contributed by atoms with Crippen LogP contribution in [0, 0.1) is 0 Å². The zero-order valence-electron chi connectivity index (χ0n) is 7.42. The lowest BCUT2D eigenvalue weighted by Crippen LogP contribution is -2.45. The molecule has 0 amide bonds. The molecule has 0 aliphatic heterocycles. The smallest absolute Gasteiger partial charge is 0.237 e. The minimum absolute atomic E-state index is 1.16. The van der Waals surface area contributed by atoms with Crippen molar-refractivity contribution in [3.63, 3.8) is 0 Å². The van der Waals surface area contributed by atoms with Crippen molar-refractivity contribution in [2.75, 3.05) is 7.11 Å². The van der Waals surface area contributed by atoms with Crippen LogP contribution in [0.3, 0.4) is 0 Å². The number of nitrogens with zero attached hydrogens (tertiary/aromatic N) is 1. The summed E-state index contributed by atoms with van der Waals surface area (Å²) in [5, 5.41) is 0. The van der Waals surface area contributed by atoms with Crippen molar-refractivity contribution in [3.05, 3.63) is 29.6 Å². The second kappa shape index (κ2) is 3.13. The first-order valence-corrected chi connectivity index (χ1v) is 4.49. The summed E-state index contributed by atoms with van der Waals surface area (Å²) in [7, 11) is 1.72. The van der Waals surface area contributed by atoms with E-state index in [9.17, 15) is 0 Å². The molecule has 0 aromatic carbocycles. The summed E-state index contributed by atoms with van der Waals surface area (Å²) >= 11 is 0. The van der Waals surface area contributed by atoms with E-state index in [1.54, 1.807) is 7.11 Å². The number of fused-ring (bicyclic) bond motifs is 1. The highest BCUT2D eigenvalue weighted by Crippen LogP contribution is 2.16. The summed E-state index contributed by atoms with van der Waals surface area (Å²) in [6.07, 6.45) is 6.95. The van der Waals surface area contributed by atoms with E-state index < -0.39 is 0 Å². The number of aromatic nitrogens is 1. The van der Waals surface area contributed by atoms with Crippen LogP contribution in [0.1, 0.15) is 24.1 Å². The normalized spacial score (nSPS) is 15.4. The molecule has 0 N–H and O–H groups in total. The summed E-state index contributed by atoms with van der Waals surface area (Å²) in [6.45, 7) is 0. The molecule has 0 radical (unpaired) electrons. The Hall–Kier alpha value is -1.05. The summed E-state index contributed by atoms with van der Waals surface area (Å²) in [5.74, 6) is 0. The molecule has 0 spiro atoms. The third-order valence-electron chi connectivity index (χ3n) is 2.46. The highest BCUT2D eigenvalue weighted by Gasteiger charge is 2.19. The molecule has 2 nitrogen and oxygen atoms in total. The van der Waals surface area contributed by atoms with Gasteiger partial charge in [0.25, 0.3) is 0 Å². The molecule has 1 aliphatic carbocycles. The highest BCUT2D eigenvalue weighted by molar-refractivity contribution is 5.17. The Kier molecular flexibility index (Phi) is 1.98. The SMILES string of the molecule is CO[n+]1cccc2c1CCCC2. The molecule has 0 saturated carbocycles. The predicted molar refractivity (Wildman–Crippen MR) is 45.8 cm³/mol. The van der Waals surface area contributed by atoms with E-state index in [4.69, 9.17) is 4.84 Å². The molecule has 12 heavy (non-hydrogen) atoms. The van der Waals surface area contributed by atoms with E-state index in [1.165, 1.54) is 30.5 Å². The van der Waals surface area contributed by atoms with Gasteiger partial charge in [-0.3, -0.25) is 4.84 Å². The van der Waals surface area contributed by atoms with Crippen LogP contribution < -0.4 is 9.57 Å². The molecule has 2 heteroatoms. The maximum atomic E-state index is 5.23. The first kappa shape index (κ1) is 7.59. The van der Waals surface area contributed by atoms with Crippen molar-refractivity contribution < 1.29 is 9.57 Å². The summed E-state index contributed by atoms with van der Waals surface area (Å²) in [4.78, 5) is 5.23. The van der Waals surface area contributed by atoms with Crippen LogP contribution in [0.5, 0.6) is 0 Å². The van der Waals surface area contributed by atoms with E-state index in [1.807, 2.05) is 17.0 Å². The van der Waals surface area contributed by atoms with Crippen molar-refractivity contribution >= 4 is 0 Å². The lowest BCUT2D eigenvalue weighted by atomic mass is 9.96. The quantitative estimate of drug-likeness (QED) is 0.562. The fraction of sp³-hybridized carbons (Fsp3) is 0.500. The Morgan fingerprint density at radius 2 is 2.17 bits per heavy atom. The summed E-state index contributed by atoms with van der Waals surface area (Å²) in [5.41, 5.74) is 2.80. The van der Waals surface area contributed by atoms with E-state index in [0.29, 0.717) is 0 Å². The maximum absolute atomic E-state index is 5.23. The van der Waals surface area contributed by atoms with Gasteiger partial charge >= 0.3 is 0 Å². The molecule has 1 aliphatic rings. The third kappa shape index (κ3) is 1.17. The van der Waals surface area contributed by atoms with Crippen LogP contribution >= 0.6 is 0 Å². The topological polar surface area (TPSA) is 13.1 Å². The van der Waals surface area contributed by atoms with Crippen LogP contribution in [-0.4, -0.2) is 7.11 Å². The highest BCUT2D eigenvalue weighted by atomic mass is 16.6. The van der Waals surface area contributed by atoms with Gasteiger partial charge in [-0.05, 0) is 25.3 Å². The summed E-state index contributed by atoms with van der Waals surface area (Å²) < 4.78 is 1.88. The number of aryl methyl sites for hydroxylation is 1. The molecule has 0 atom stereocenters. The van der Waals surface area contributed by atoms with E-state index in [0.717, 1.165) is 6.42 Å².